The molecule has 0 saturated heterocycles. The van der Waals surface area contributed by atoms with Crippen LogP contribution in [0.5, 0.6) is 0 Å². The van der Waals surface area contributed by atoms with Gasteiger partial charge in [0.05, 0.1) is 4.99 Å². The molecule has 0 unspecified atom stereocenters. The van der Waals surface area contributed by atoms with Crippen LogP contribution in [0, 0.1) is 0 Å². The van der Waals surface area contributed by atoms with Crippen molar-refractivity contribution in [3.05, 3.63) is 35.4 Å². The molecule has 1 atom stereocenters. The molecule has 0 aliphatic heterocycles. The fourth-order valence-corrected chi connectivity index (χ4v) is 2.29. The van der Waals surface area contributed by atoms with Crippen LogP contribution in [-0.4, -0.2) is 4.99 Å². The Morgan fingerprint density at radius 1 is 1.38 bits per heavy atom. The summed E-state index contributed by atoms with van der Waals surface area (Å²) in [6.07, 6.45) is 3.50. The molecule has 0 fully saturated rings. The van der Waals surface area contributed by atoms with E-state index < -0.39 is 0 Å². The Kier molecular flexibility index (Phi) is 2.32. The van der Waals surface area contributed by atoms with Gasteiger partial charge in [0.25, 0.3) is 0 Å². The SMILES string of the molecule is NC(=S)[C@@H]1CCCc2ccccc21. The highest BCUT2D eigenvalue weighted by atomic mass is 32.1. The monoisotopic (exact) mass is 191 g/mol. The van der Waals surface area contributed by atoms with Crippen molar-refractivity contribution in [2.45, 2.75) is 25.2 Å². The number of benzene rings is 1. The van der Waals surface area contributed by atoms with Crippen molar-refractivity contribution >= 4 is 17.2 Å². The van der Waals surface area contributed by atoms with E-state index in [0.29, 0.717) is 10.9 Å². The lowest BCUT2D eigenvalue weighted by atomic mass is 9.83. The minimum absolute atomic E-state index is 0.319. The quantitative estimate of drug-likeness (QED) is 0.690. The van der Waals surface area contributed by atoms with Crippen LogP contribution >= 0.6 is 12.2 Å². The summed E-state index contributed by atoms with van der Waals surface area (Å²) in [5, 5.41) is 0. The molecule has 2 N–H and O–H groups in total. The number of hydrogen-bond donors (Lipinski definition) is 1. The van der Waals surface area contributed by atoms with Crippen molar-refractivity contribution in [2.24, 2.45) is 5.73 Å². The molecule has 2 rings (SSSR count). The predicted molar refractivity (Wildman–Crippen MR) is 58.9 cm³/mol. The van der Waals surface area contributed by atoms with Crippen LogP contribution in [0.15, 0.2) is 24.3 Å². The van der Waals surface area contributed by atoms with Crippen LogP contribution in [0.1, 0.15) is 29.9 Å². The number of hydrogen-bond acceptors (Lipinski definition) is 1. The van der Waals surface area contributed by atoms with Gasteiger partial charge in [-0.25, -0.2) is 0 Å². The van der Waals surface area contributed by atoms with E-state index >= 15 is 0 Å². The van der Waals surface area contributed by atoms with E-state index in [-0.39, 0.29) is 0 Å². The highest BCUT2D eigenvalue weighted by Crippen LogP contribution is 2.31. The molecule has 13 heavy (non-hydrogen) atoms. The van der Waals surface area contributed by atoms with E-state index in [9.17, 15) is 0 Å². The highest BCUT2D eigenvalue weighted by molar-refractivity contribution is 7.80. The van der Waals surface area contributed by atoms with Crippen molar-refractivity contribution in [1.82, 2.24) is 0 Å². The maximum atomic E-state index is 5.71. The lowest BCUT2D eigenvalue weighted by Gasteiger charge is -2.24. The molecule has 1 nitrogen and oxygen atoms in total. The minimum atomic E-state index is 0.319. The second-order valence-corrected chi connectivity index (χ2v) is 4.02. The molecule has 0 spiro atoms. The Bertz CT molecular complexity index is 333. The van der Waals surface area contributed by atoms with Gasteiger partial charge in [-0.2, -0.15) is 0 Å². The third kappa shape index (κ3) is 1.59. The predicted octanol–water partition coefficient (Wildman–Crippen LogP) is 2.39. The first-order valence-corrected chi connectivity index (χ1v) is 5.07. The fraction of sp³-hybridized carbons (Fsp3) is 0.364. The van der Waals surface area contributed by atoms with Crippen LogP contribution in [0.4, 0.5) is 0 Å². The zero-order valence-electron chi connectivity index (χ0n) is 7.49. The third-order valence-electron chi connectivity index (χ3n) is 2.71. The summed E-state index contributed by atoms with van der Waals surface area (Å²) in [4.78, 5) is 0.646. The zero-order valence-corrected chi connectivity index (χ0v) is 8.31. The van der Waals surface area contributed by atoms with Gasteiger partial charge in [-0.3, -0.25) is 0 Å². The Morgan fingerprint density at radius 3 is 2.92 bits per heavy atom. The molecule has 0 aromatic heterocycles. The smallest absolute Gasteiger partial charge is 0.0803 e. The Morgan fingerprint density at radius 2 is 2.15 bits per heavy atom. The van der Waals surface area contributed by atoms with Gasteiger partial charge in [-0.05, 0) is 30.4 Å². The molecular weight excluding hydrogens is 178 g/mol. The maximum absolute atomic E-state index is 5.71. The summed E-state index contributed by atoms with van der Waals surface area (Å²) in [5.74, 6) is 0.319. The lowest BCUT2D eigenvalue weighted by Crippen LogP contribution is -2.23. The van der Waals surface area contributed by atoms with Crippen LogP contribution in [-0.2, 0) is 6.42 Å². The lowest BCUT2D eigenvalue weighted by molar-refractivity contribution is 0.651. The summed E-state index contributed by atoms with van der Waals surface area (Å²) >= 11 is 5.07. The maximum Gasteiger partial charge on any atom is 0.0803 e. The molecule has 1 aliphatic carbocycles. The highest BCUT2D eigenvalue weighted by Gasteiger charge is 2.21. The van der Waals surface area contributed by atoms with Gasteiger partial charge >= 0.3 is 0 Å². The number of thiocarbonyl (C=S) groups is 1. The van der Waals surface area contributed by atoms with E-state index in [1.165, 1.54) is 24.0 Å². The van der Waals surface area contributed by atoms with E-state index in [0.717, 1.165) is 6.42 Å². The van der Waals surface area contributed by atoms with E-state index in [2.05, 4.69) is 24.3 Å². The standard InChI is InChI=1S/C11H13NS/c12-11(13)10-7-3-5-8-4-1-2-6-9(8)10/h1-2,4,6,10H,3,5,7H2,(H2,12,13)/t10-/m1/s1. The van der Waals surface area contributed by atoms with Crippen molar-refractivity contribution in [3.63, 3.8) is 0 Å². The van der Waals surface area contributed by atoms with Gasteiger partial charge in [0, 0.05) is 5.92 Å². The summed E-state index contributed by atoms with van der Waals surface area (Å²) < 4.78 is 0. The largest absolute Gasteiger partial charge is 0.393 e. The molecular formula is C11H13NS. The molecule has 0 heterocycles. The molecule has 0 saturated carbocycles. The van der Waals surface area contributed by atoms with Gasteiger partial charge in [-0.15, -0.1) is 0 Å². The first-order chi connectivity index (χ1) is 6.29. The Hall–Kier alpha value is -0.890. The van der Waals surface area contributed by atoms with Crippen LogP contribution in [0.3, 0.4) is 0 Å². The summed E-state index contributed by atoms with van der Waals surface area (Å²) in [5.41, 5.74) is 8.48. The number of aryl methyl sites for hydroxylation is 1. The first-order valence-electron chi connectivity index (χ1n) is 4.66. The third-order valence-corrected chi connectivity index (χ3v) is 3.00. The van der Waals surface area contributed by atoms with Crippen LogP contribution in [0.25, 0.3) is 0 Å². The van der Waals surface area contributed by atoms with Gasteiger partial charge in [0.1, 0.15) is 0 Å². The Balaban J connectivity index is 2.42. The Labute approximate surface area is 83.9 Å². The molecule has 1 aromatic rings. The molecule has 1 aromatic carbocycles. The summed E-state index contributed by atoms with van der Waals surface area (Å²) in [6.45, 7) is 0. The molecule has 0 bridgehead atoms. The molecule has 0 amide bonds. The number of nitrogens with two attached hydrogens (primary N) is 1. The van der Waals surface area contributed by atoms with E-state index in [1.807, 2.05) is 0 Å². The van der Waals surface area contributed by atoms with Gasteiger partial charge in [0.2, 0.25) is 0 Å². The number of rotatable bonds is 1. The van der Waals surface area contributed by atoms with Crippen molar-refractivity contribution < 1.29 is 0 Å². The fourth-order valence-electron chi connectivity index (χ4n) is 2.05. The number of fused-ring (bicyclic) bond motifs is 1. The van der Waals surface area contributed by atoms with Crippen LogP contribution in [0.2, 0.25) is 0 Å². The van der Waals surface area contributed by atoms with Gasteiger partial charge < -0.3 is 5.73 Å². The van der Waals surface area contributed by atoms with Crippen molar-refractivity contribution in [3.8, 4) is 0 Å². The van der Waals surface area contributed by atoms with Gasteiger partial charge in [0.15, 0.2) is 0 Å². The average molecular weight is 191 g/mol. The van der Waals surface area contributed by atoms with Gasteiger partial charge in [-0.1, -0.05) is 36.5 Å². The second kappa shape index (κ2) is 3.46. The van der Waals surface area contributed by atoms with E-state index in [4.69, 9.17) is 18.0 Å². The summed E-state index contributed by atoms with van der Waals surface area (Å²) in [6, 6.07) is 8.48. The molecule has 2 heteroatoms. The zero-order chi connectivity index (χ0) is 9.26. The normalized spacial score (nSPS) is 20.8. The van der Waals surface area contributed by atoms with E-state index in [1.54, 1.807) is 0 Å². The van der Waals surface area contributed by atoms with Crippen molar-refractivity contribution in [1.29, 1.82) is 0 Å². The van der Waals surface area contributed by atoms with Crippen LogP contribution < -0.4 is 5.73 Å². The minimum Gasteiger partial charge on any atom is -0.393 e. The second-order valence-electron chi connectivity index (χ2n) is 3.55. The molecule has 68 valence electrons. The molecule has 1 aliphatic rings. The van der Waals surface area contributed by atoms with Crippen molar-refractivity contribution in [2.75, 3.05) is 0 Å². The topological polar surface area (TPSA) is 26.0 Å². The molecule has 0 radical (unpaired) electrons. The average Bonchev–Trinajstić information content (AvgIpc) is 2.17. The first kappa shape index (κ1) is 8.70. The summed E-state index contributed by atoms with van der Waals surface area (Å²) in [7, 11) is 0.